The first kappa shape index (κ1) is 10.4. The van der Waals surface area contributed by atoms with Crippen molar-refractivity contribution >= 4 is 0 Å². The van der Waals surface area contributed by atoms with Crippen LogP contribution in [-0.4, -0.2) is 35.0 Å². The van der Waals surface area contributed by atoms with Gasteiger partial charge in [-0.15, -0.1) is 0 Å². The van der Waals surface area contributed by atoms with Crippen LogP contribution in [0, 0.1) is 0 Å². The fraction of sp³-hybridized carbons (Fsp3) is 1.00. The second-order valence-electron chi connectivity index (χ2n) is 4.68. The van der Waals surface area contributed by atoms with Crippen LogP contribution in [0.3, 0.4) is 0 Å². The maximum absolute atomic E-state index is 10.2. The van der Waals surface area contributed by atoms with Gasteiger partial charge in [0.2, 0.25) is 0 Å². The van der Waals surface area contributed by atoms with Gasteiger partial charge in [0.15, 0.2) is 12.1 Å². The molecule has 1 unspecified atom stereocenters. The second-order valence-corrected chi connectivity index (χ2v) is 4.68. The third-order valence-electron chi connectivity index (χ3n) is 2.96. The lowest BCUT2D eigenvalue weighted by Gasteiger charge is -2.29. The Hall–Kier alpha value is -0.160. The highest BCUT2D eigenvalue weighted by Crippen LogP contribution is 2.43. The first-order chi connectivity index (χ1) is 6.37. The quantitative estimate of drug-likeness (QED) is 0.689. The van der Waals surface area contributed by atoms with Crippen molar-refractivity contribution < 1.29 is 19.3 Å². The molecule has 4 atom stereocenters. The highest BCUT2D eigenvalue weighted by Gasteiger charge is 2.60. The molecule has 0 aromatic carbocycles. The summed E-state index contributed by atoms with van der Waals surface area (Å²) in [6, 6.07) is 0. The Kier molecular flexibility index (Phi) is 2.16. The number of hydrogen-bond acceptors (Lipinski definition) is 4. The van der Waals surface area contributed by atoms with Crippen molar-refractivity contribution in [3.05, 3.63) is 0 Å². The first-order valence-corrected chi connectivity index (χ1v) is 5.10. The smallest absolute Gasteiger partial charge is 0.190 e. The van der Waals surface area contributed by atoms with E-state index in [1.54, 1.807) is 6.92 Å². The van der Waals surface area contributed by atoms with Gasteiger partial charge in [0.1, 0.15) is 11.7 Å². The lowest BCUT2D eigenvalue weighted by molar-refractivity contribution is -0.227. The Morgan fingerprint density at radius 2 is 1.86 bits per heavy atom. The van der Waals surface area contributed by atoms with E-state index in [1.165, 1.54) is 0 Å². The van der Waals surface area contributed by atoms with Crippen LogP contribution < -0.4 is 0 Å². The van der Waals surface area contributed by atoms with Gasteiger partial charge in [-0.05, 0) is 27.2 Å². The van der Waals surface area contributed by atoms with E-state index in [9.17, 15) is 5.11 Å². The van der Waals surface area contributed by atoms with Gasteiger partial charge in [-0.2, -0.15) is 0 Å². The van der Waals surface area contributed by atoms with Crippen LogP contribution in [0.1, 0.15) is 34.1 Å². The lowest BCUT2D eigenvalue weighted by atomic mass is 9.93. The molecule has 4 nitrogen and oxygen atoms in total. The summed E-state index contributed by atoms with van der Waals surface area (Å²) in [6.45, 7) is 7.37. The Labute approximate surface area is 84.1 Å². The van der Waals surface area contributed by atoms with Gasteiger partial charge in [0.05, 0.1) is 6.10 Å². The zero-order valence-corrected chi connectivity index (χ0v) is 9.11. The normalized spacial score (nSPS) is 50.8. The molecular formula is C10H18O4. The van der Waals surface area contributed by atoms with E-state index >= 15 is 0 Å². The molecule has 1 N–H and O–H groups in total. The van der Waals surface area contributed by atoms with Crippen molar-refractivity contribution in [3.63, 3.8) is 0 Å². The fourth-order valence-corrected chi connectivity index (χ4v) is 2.22. The van der Waals surface area contributed by atoms with Crippen LogP contribution in [0.25, 0.3) is 0 Å². The van der Waals surface area contributed by atoms with Crippen LogP contribution >= 0.6 is 0 Å². The minimum Gasteiger partial charge on any atom is -0.385 e. The standard InChI is InChI=1S/C10H18O4/c1-5-6-10(4,11)7-8(12-6)14-9(2,3)13-7/h6-8,11H,5H2,1-4H3/t6-,7?,8-,10+/m1/s1. The summed E-state index contributed by atoms with van der Waals surface area (Å²) in [4.78, 5) is 0. The number of rotatable bonds is 1. The molecule has 82 valence electrons. The summed E-state index contributed by atoms with van der Waals surface area (Å²) >= 11 is 0. The first-order valence-electron chi connectivity index (χ1n) is 5.10. The average Bonchev–Trinajstić information content (AvgIpc) is 2.45. The molecule has 0 radical (unpaired) electrons. The van der Waals surface area contributed by atoms with E-state index in [2.05, 4.69) is 0 Å². The van der Waals surface area contributed by atoms with Crippen molar-refractivity contribution in [2.24, 2.45) is 0 Å². The molecule has 2 aliphatic rings. The summed E-state index contributed by atoms with van der Waals surface area (Å²) in [7, 11) is 0. The Balaban J connectivity index is 2.18. The maximum atomic E-state index is 10.2. The molecule has 0 aliphatic carbocycles. The van der Waals surface area contributed by atoms with Crippen LogP contribution in [0.5, 0.6) is 0 Å². The highest BCUT2D eigenvalue weighted by molar-refractivity contribution is 5.01. The Morgan fingerprint density at radius 3 is 2.36 bits per heavy atom. The molecule has 2 fully saturated rings. The van der Waals surface area contributed by atoms with Gasteiger partial charge in [-0.3, -0.25) is 0 Å². The molecule has 4 heteroatoms. The minimum atomic E-state index is -0.951. The van der Waals surface area contributed by atoms with Gasteiger partial charge in [0.25, 0.3) is 0 Å². The molecule has 0 spiro atoms. The molecule has 0 amide bonds. The number of hydrogen-bond donors (Lipinski definition) is 1. The minimum absolute atomic E-state index is 0.200. The molecular weight excluding hydrogens is 184 g/mol. The summed E-state index contributed by atoms with van der Waals surface area (Å²) in [6.07, 6.45) is -0.242. The van der Waals surface area contributed by atoms with E-state index in [0.29, 0.717) is 0 Å². The van der Waals surface area contributed by atoms with Crippen molar-refractivity contribution in [2.45, 2.75) is 64.0 Å². The van der Waals surface area contributed by atoms with E-state index in [0.717, 1.165) is 6.42 Å². The second kappa shape index (κ2) is 2.92. The highest BCUT2D eigenvalue weighted by atomic mass is 16.8. The molecule has 14 heavy (non-hydrogen) atoms. The molecule has 0 bridgehead atoms. The zero-order chi connectivity index (χ0) is 10.6. The molecule has 0 aromatic rings. The van der Waals surface area contributed by atoms with Gasteiger partial charge < -0.3 is 19.3 Å². The monoisotopic (exact) mass is 202 g/mol. The summed E-state index contributed by atoms with van der Waals surface area (Å²) < 4.78 is 16.7. The van der Waals surface area contributed by atoms with E-state index < -0.39 is 17.7 Å². The van der Waals surface area contributed by atoms with Crippen LogP contribution in [0.4, 0.5) is 0 Å². The van der Waals surface area contributed by atoms with Crippen LogP contribution in [0.15, 0.2) is 0 Å². The number of aliphatic hydroxyl groups is 1. The Morgan fingerprint density at radius 1 is 1.21 bits per heavy atom. The Bertz CT molecular complexity index is 236. The third-order valence-corrected chi connectivity index (χ3v) is 2.96. The molecule has 2 heterocycles. The molecule has 2 rings (SSSR count). The number of fused-ring (bicyclic) bond motifs is 1. The maximum Gasteiger partial charge on any atom is 0.190 e. The predicted molar refractivity (Wildman–Crippen MR) is 49.6 cm³/mol. The molecule has 2 saturated heterocycles. The molecule has 0 saturated carbocycles. The van der Waals surface area contributed by atoms with Crippen molar-refractivity contribution in [1.82, 2.24) is 0 Å². The predicted octanol–water partition coefficient (Wildman–Crippen LogP) is 1.02. The summed E-state index contributed by atoms with van der Waals surface area (Å²) in [5.74, 6) is -0.655. The van der Waals surface area contributed by atoms with E-state index in [4.69, 9.17) is 14.2 Å². The van der Waals surface area contributed by atoms with Crippen LogP contribution in [0.2, 0.25) is 0 Å². The third kappa shape index (κ3) is 1.37. The van der Waals surface area contributed by atoms with E-state index in [-0.39, 0.29) is 12.2 Å². The van der Waals surface area contributed by atoms with Gasteiger partial charge in [-0.1, -0.05) is 6.92 Å². The molecule has 0 aromatic heterocycles. The summed E-state index contributed by atoms with van der Waals surface area (Å²) in [5, 5.41) is 10.2. The van der Waals surface area contributed by atoms with E-state index in [1.807, 2.05) is 20.8 Å². The van der Waals surface area contributed by atoms with Gasteiger partial charge in [0, 0.05) is 0 Å². The SMILES string of the molecule is CC[C@H]1O[C@@H]2OC(C)(C)OC2[C@@]1(C)O. The van der Waals surface area contributed by atoms with Crippen LogP contribution in [-0.2, 0) is 14.2 Å². The van der Waals surface area contributed by atoms with Crippen molar-refractivity contribution in [2.75, 3.05) is 0 Å². The van der Waals surface area contributed by atoms with Crippen molar-refractivity contribution in [1.29, 1.82) is 0 Å². The lowest BCUT2D eigenvalue weighted by Crippen LogP contribution is -2.45. The van der Waals surface area contributed by atoms with Crippen molar-refractivity contribution in [3.8, 4) is 0 Å². The molecule has 2 aliphatic heterocycles. The topological polar surface area (TPSA) is 47.9 Å². The fourth-order valence-electron chi connectivity index (χ4n) is 2.22. The summed E-state index contributed by atoms with van der Waals surface area (Å²) in [5.41, 5.74) is -0.951. The number of ether oxygens (including phenoxy) is 3. The zero-order valence-electron chi connectivity index (χ0n) is 9.11. The largest absolute Gasteiger partial charge is 0.385 e. The average molecular weight is 202 g/mol. The van der Waals surface area contributed by atoms with Gasteiger partial charge >= 0.3 is 0 Å². The van der Waals surface area contributed by atoms with Gasteiger partial charge in [-0.25, -0.2) is 0 Å².